The Hall–Kier alpha value is -1.42. The van der Waals surface area contributed by atoms with Crippen LogP contribution in [0.15, 0.2) is 48.8 Å². The molecule has 0 amide bonds. The van der Waals surface area contributed by atoms with Gasteiger partial charge >= 0.3 is 0 Å². The Balaban J connectivity index is 2.26. The van der Waals surface area contributed by atoms with Crippen LogP contribution in [0.2, 0.25) is 5.02 Å². The van der Waals surface area contributed by atoms with Crippen LogP contribution in [0.1, 0.15) is 23.1 Å². The maximum atomic E-state index is 10.4. The van der Waals surface area contributed by atoms with Gasteiger partial charge in [-0.1, -0.05) is 29.8 Å². The van der Waals surface area contributed by atoms with E-state index in [-0.39, 0.29) is 5.92 Å². The van der Waals surface area contributed by atoms with Crippen molar-refractivity contribution in [3.05, 3.63) is 64.9 Å². The maximum absolute atomic E-state index is 10.4. The number of nitrogens with zero attached hydrogens (tertiary/aromatic N) is 1. The van der Waals surface area contributed by atoms with E-state index in [1.54, 1.807) is 30.6 Å². The molecule has 0 bridgehead atoms. The Labute approximate surface area is 111 Å². The number of nitrogens with two attached hydrogens (primary N) is 1. The maximum Gasteiger partial charge on any atom is 0.0885 e. The number of halogens is 1. The zero-order valence-corrected chi connectivity index (χ0v) is 10.6. The van der Waals surface area contributed by atoms with Crippen molar-refractivity contribution in [2.75, 3.05) is 6.54 Å². The first-order chi connectivity index (χ1) is 8.72. The van der Waals surface area contributed by atoms with Gasteiger partial charge in [-0.2, -0.15) is 0 Å². The monoisotopic (exact) mass is 262 g/mol. The van der Waals surface area contributed by atoms with E-state index in [0.29, 0.717) is 11.6 Å². The third kappa shape index (κ3) is 2.88. The van der Waals surface area contributed by atoms with Gasteiger partial charge in [0, 0.05) is 29.9 Å². The smallest absolute Gasteiger partial charge is 0.0885 e. The molecule has 18 heavy (non-hydrogen) atoms. The van der Waals surface area contributed by atoms with Gasteiger partial charge < -0.3 is 10.8 Å². The van der Waals surface area contributed by atoms with Crippen LogP contribution in [0.25, 0.3) is 0 Å². The van der Waals surface area contributed by atoms with E-state index in [1.807, 2.05) is 18.2 Å². The molecule has 2 atom stereocenters. The van der Waals surface area contributed by atoms with Gasteiger partial charge in [-0.05, 0) is 29.3 Å². The van der Waals surface area contributed by atoms with Gasteiger partial charge in [-0.3, -0.25) is 4.98 Å². The fourth-order valence-corrected chi connectivity index (χ4v) is 2.07. The number of aliphatic hydroxyl groups is 1. The van der Waals surface area contributed by atoms with Gasteiger partial charge in [0.2, 0.25) is 0 Å². The third-order valence-electron chi connectivity index (χ3n) is 2.96. The van der Waals surface area contributed by atoms with Gasteiger partial charge in [0.15, 0.2) is 0 Å². The Kier molecular flexibility index (Phi) is 4.31. The second kappa shape index (κ2) is 5.96. The summed E-state index contributed by atoms with van der Waals surface area (Å²) in [6.45, 7) is 0.359. The van der Waals surface area contributed by atoms with Gasteiger partial charge in [0.1, 0.15) is 0 Å². The van der Waals surface area contributed by atoms with Crippen LogP contribution >= 0.6 is 11.6 Å². The van der Waals surface area contributed by atoms with Gasteiger partial charge in [-0.25, -0.2) is 0 Å². The summed E-state index contributed by atoms with van der Waals surface area (Å²) in [4.78, 5) is 4.01. The number of benzene rings is 1. The highest BCUT2D eigenvalue weighted by Gasteiger charge is 2.21. The van der Waals surface area contributed by atoms with Crippen molar-refractivity contribution >= 4 is 11.6 Å². The molecule has 1 heterocycles. The first-order valence-corrected chi connectivity index (χ1v) is 6.13. The van der Waals surface area contributed by atoms with Crippen molar-refractivity contribution in [1.29, 1.82) is 0 Å². The number of aromatic nitrogens is 1. The quantitative estimate of drug-likeness (QED) is 0.890. The average molecular weight is 263 g/mol. The minimum Gasteiger partial charge on any atom is -0.388 e. The number of hydrogen-bond donors (Lipinski definition) is 2. The lowest BCUT2D eigenvalue weighted by Gasteiger charge is -2.22. The summed E-state index contributed by atoms with van der Waals surface area (Å²) in [5.41, 5.74) is 7.50. The third-order valence-corrected chi connectivity index (χ3v) is 3.21. The van der Waals surface area contributed by atoms with Gasteiger partial charge in [0.05, 0.1) is 6.10 Å². The zero-order chi connectivity index (χ0) is 13.0. The van der Waals surface area contributed by atoms with Crippen LogP contribution in [0.4, 0.5) is 0 Å². The molecule has 0 spiro atoms. The summed E-state index contributed by atoms with van der Waals surface area (Å²) in [6, 6.07) is 11.0. The highest BCUT2D eigenvalue weighted by atomic mass is 35.5. The molecule has 1 aromatic heterocycles. The minimum absolute atomic E-state index is 0.161. The first-order valence-electron chi connectivity index (χ1n) is 5.76. The molecule has 0 aliphatic rings. The van der Waals surface area contributed by atoms with E-state index in [9.17, 15) is 5.11 Å². The molecule has 4 heteroatoms. The summed E-state index contributed by atoms with van der Waals surface area (Å²) < 4.78 is 0. The van der Waals surface area contributed by atoms with E-state index >= 15 is 0 Å². The topological polar surface area (TPSA) is 59.1 Å². The average Bonchev–Trinajstić information content (AvgIpc) is 2.42. The Morgan fingerprint density at radius 1 is 1.17 bits per heavy atom. The highest BCUT2D eigenvalue weighted by Crippen LogP contribution is 2.30. The van der Waals surface area contributed by atoms with Crippen molar-refractivity contribution in [1.82, 2.24) is 4.98 Å². The minimum atomic E-state index is -0.662. The highest BCUT2D eigenvalue weighted by molar-refractivity contribution is 6.30. The lowest BCUT2D eigenvalue weighted by Crippen LogP contribution is -2.20. The first kappa shape index (κ1) is 13.0. The fourth-order valence-electron chi connectivity index (χ4n) is 1.94. The summed E-state index contributed by atoms with van der Waals surface area (Å²) in [6.07, 6.45) is 2.67. The van der Waals surface area contributed by atoms with Crippen LogP contribution in [0.3, 0.4) is 0 Å². The summed E-state index contributed by atoms with van der Waals surface area (Å²) in [7, 11) is 0. The number of pyridine rings is 1. The lowest BCUT2D eigenvalue weighted by molar-refractivity contribution is 0.147. The molecule has 2 rings (SSSR count). The molecule has 0 aliphatic carbocycles. The fraction of sp³-hybridized carbons (Fsp3) is 0.214. The van der Waals surface area contributed by atoms with Gasteiger partial charge in [-0.15, -0.1) is 0 Å². The normalized spacial score (nSPS) is 14.2. The molecule has 0 radical (unpaired) electrons. The second-order valence-corrected chi connectivity index (χ2v) is 4.56. The Morgan fingerprint density at radius 2 is 1.89 bits per heavy atom. The SMILES string of the molecule is NCC(c1ccc(Cl)cc1)C(O)c1cccnc1. The largest absolute Gasteiger partial charge is 0.388 e. The Morgan fingerprint density at radius 3 is 2.44 bits per heavy atom. The van der Waals surface area contributed by atoms with Crippen molar-refractivity contribution in [2.45, 2.75) is 12.0 Å². The van der Waals surface area contributed by atoms with Crippen LogP contribution < -0.4 is 5.73 Å². The van der Waals surface area contributed by atoms with E-state index in [4.69, 9.17) is 17.3 Å². The standard InChI is InChI=1S/C14H15ClN2O/c15-12-5-3-10(4-6-12)13(8-16)14(18)11-2-1-7-17-9-11/h1-7,9,13-14,18H,8,16H2. The summed E-state index contributed by atoms with van der Waals surface area (Å²) in [5.74, 6) is -0.161. The summed E-state index contributed by atoms with van der Waals surface area (Å²) >= 11 is 5.85. The lowest BCUT2D eigenvalue weighted by atomic mass is 9.90. The molecule has 94 valence electrons. The van der Waals surface area contributed by atoms with Crippen LogP contribution in [0, 0.1) is 0 Å². The summed E-state index contributed by atoms with van der Waals surface area (Å²) in [5, 5.41) is 11.0. The predicted molar refractivity (Wildman–Crippen MR) is 72.4 cm³/mol. The molecule has 3 nitrogen and oxygen atoms in total. The van der Waals surface area contributed by atoms with E-state index in [1.165, 1.54) is 0 Å². The zero-order valence-electron chi connectivity index (χ0n) is 9.83. The predicted octanol–water partition coefficient (Wildman–Crippen LogP) is 2.51. The van der Waals surface area contributed by atoms with Crippen LogP contribution in [0.5, 0.6) is 0 Å². The molecule has 2 unspecified atom stereocenters. The van der Waals surface area contributed by atoms with Gasteiger partial charge in [0.25, 0.3) is 0 Å². The van der Waals surface area contributed by atoms with E-state index in [2.05, 4.69) is 4.98 Å². The van der Waals surface area contributed by atoms with Crippen LogP contribution in [-0.4, -0.2) is 16.6 Å². The van der Waals surface area contributed by atoms with Crippen molar-refractivity contribution in [2.24, 2.45) is 5.73 Å². The molecule has 2 aromatic rings. The molecule has 0 fully saturated rings. The van der Waals surface area contributed by atoms with E-state index in [0.717, 1.165) is 11.1 Å². The second-order valence-electron chi connectivity index (χ2n) is 4.12. The van der Waals surface area contributed by atoms with Crippen molar-refractivity contribution in [3.63, 3.8) is 0 Å². The number of hydrogen-bond acceptors (Lipinski definition) is 3. The molecule has 0 aliphatic heterocycles. The molecular weight excluding hydrogens is 248 g/mol. The Bertz CT molecular complexity index is 487. The molecule has 0 saturated carbocycles. The molecule has 1 aromatic carbocycles. The molecule has 0 saturated heterocycles. The van der Waals surface area contributed by atoms with Crippen molar-refractivity contribution in [3.8, 4) is 0 Å². The number of rotatable bonds is 4. The van der Waals surface area contributed by atoms with Crippen molar-refractivity contribution < 1.29 is 5.11 Å². The molecule has 3 N–H and O–H groups in total. The van der Waals surface area contributed by atoms with E-state index < -0.39 is 6.10 Å². The number of aliphatic hydroxyl groups excluding tert-OH is 1. The van der Waals surface area contributed by atoms with Crippen LogP contribution in [-0.2, 0) is 0 Å². The molecular formula is C14H15ClN2O.